The van der Waals surface area contributed by atoms with E-state index in [1.165, 1.54) is 12.8 Å². The quantitative estimate of drug-likeness (QED) is 0.608. The van der Waals surface area contributed by atoms with Crippen LogP contribution in [0.4, 0.5) is 5.69 Å². The third kappa shape index (κ3) is 2.12. The lowest BCUT2D eigenvalue weighted by Gasteiger charge is -2.07. The highest BCUT2D eigenvalue weighted by Crippen LogP contribution is 2.42. The number of hydrogen-bond donors (Lipinski definition) is 1. The van der Waals surface area contributed by atoms with Gasteiger partial charge in [-0.25, -0.2) is 4.79 Å². The molecule has 3 nitrogen and oxygen atoms in total. The molecule has 0 unspecified atom stereocenters. The predicted octanol–water partition coefficient (Wildman–Crippen LogP) is 2.32. The van der Waals surface area contributed by atoms with Crippen molar-refractivity contribution in [3.63, 3.8) is 0 Å². The van der Waals surface area contributed by atoms with E-state index < -0.39 is 0 Å². The molecule has 1 aliphatic carbocycles. The van der Waals surface area contributed by atoms with Gasteiger partial charge in [-0.3, -0.25) is 0 Å². The molecule has 0 saturated heterocycles. The molecule has 0 atom stereocenters. The number of anilines is 1. The average Bonchev–Trinajstić information content (AvgIpc) is 3.02. The van der Waals surface area contributed by atoms with Crippen molar-refractivity contribution in [1.29, 1.82) is 0 Å². The van der Waals surface area contributed by atoms with E-state index >= 15 is 0 Å². The largest absolute Gasteiger partial charge is 0.462 e. The number of nitrogen functional groups attached to an aromatic ring is 1. The fourth-order valence-electron chi connectivity index (χ4n) is 1.66. The van der Waals surface area contributed by atoms with Crippen molar-refractivity contribution < 1.29 is 9.53 Å². The van der Waals surface area contributed by atoms with Gasteiger partial charge in [-0.05, 0) is 49.4 Å². The highest BCUT2D eigenvalue weighted by atomic mass is 16.5. The molecular formula is C12H15NO2. The van der Waals surface area contributed by atoms with E-state index in [0.717, 1.165) is 11.3 Å². The van der Waals surface area contributed by atoms with Crippen molar-refractivity contribution in [2.45, 2.75) is 25.7 Å². The van der Waals surface area contributed by atoms with Gasteiger partial charge in [-0.15, -0.1) is 0 Å². The summed E-state index contributed by atoms with van der Waals surface area (Å²) in [6.07, 6.45) is 2.35. The zero-order valence-corrected chi connectivity index (χ0v) is 8.82. The number of hydrogen-bond acceptors (Lipinski definition) is 3. The topological polar surface area (TPSA) is 52.3 Å². The lowest BCUT2D eigenvalue weighted by atomic mass is 10.0. The number of benzene rings is 1. The summed E-state index contributed by atoms with van der Waals surface area (Å²) in [6.45, 7) is 2.21. The van der Waals surface area contributed by atoms with Crippen LogP contribution in [-0.2, 0) is 4.74 Å². The number of ether oxygens (including phenoxy) is 1. The van der Waals surface area contributed by atoms with Crippen LogP contribution in [0, 0.1) is 0 Å². The Kier molecular flexibility index (Phi) is 2.62. The molecular weight excluding hydrogens is 190 g/mol. The molecule has 0 radical (unpaired) electrons. The van der Waals surface area contributed by atoms with Gasteiger partial charge in [-0.1, -0.05) is 0 Å². The first-order valence-electron chi connectivity index (χ1n) is 5.29. The molecule has 0 bridgehead atoms. The smallest absolute Gasteiger partial charge is 0.338 e. The number of carbonyl (C=O) groups is 1. The molecule has 2 rings (SSSR count). The van der Waals surface area contributed by atoms with Crippen molar-refractivity contribution in [2.75, 3.05) is 12.3 Å². The molecule has 0 heterocycles. The Bertz CT molecular complexity index is 383. The summed E-state index contributed by atoms with van der Waals surface area (Å²) in [5, 5.41) is 0. The van der Waals surface area contributed by atoms with Gasteiger partial charge in [0, 0.05) is 5.69 Å². The molecule has 15 heavy (non-hydrogen) atoms. The lowest BCUT2D eigenvalue weighted by Crippen LogP contribution is -2.06. The zero-order chi connectivity index (χ0) is 10.8. The molecule has 0 aliphatic heterocycles. The van der Waals surface area contributed by atoms with Crippen LogP contribution in [0.5, 0.6) is 0 Å². The first-order chi connectivity index (χ1) is 7.22. The fraction of sp³-hybridized carbons (Fsp3) is 0.417. The molecule has 2 N–H and O–H groups in total. The maximum Gasteiger partial charge on any atom is 0.338 e. The summed E-state index contributed by atoms with van der Waals surface area (Å²) in [7, 11) is 0. The van der Waals surface area contributed by atoms with Crippen LogP contribution in [-0.4, -0.2) is 12.6 Å². The summed E-state index contributed by atoms with van der Waals surface area (Å²) < 4.78 is 4.94. The standard InChI is InChI=1S/C12H15NO2/c1-2-15-12(14)9-5-6-11(13)10(7-9)8-3-4-8/h5-8H,2-4,13H2,1H3. The fourth-order valence-corrected chi connectivity index (χ4v) is 1.66. The van der Waals surface area contributed by atoms with Crippen molar-refractivity contribution in [3.05, 3.63) is 29.3 Å². The van der Waals surface area contributed by atoms with Crippen LogP contribution in [0.3, 0.4) is 0 Å². The summed E-state index contributed by atoms with van der Waals surface area (Å²) in [5.74, 6) is 0.291. The zero-order valence-electron chi connectivity index (χ0n) is 8.82. The Balaban J connectivity index is 2.25. The normalized spacial score (nSPS) is 15.0. The first kappa shape index (κ1) is 10.0. The van der Waals surface area contributed by atoms with Gasteiger partial charge in [0.1, 0.15) is 0 Å². The van der Waals surface area contributed by atoms with Gasteiger partial charge >= 0.3 is 5.97 Å². The van der Waals surface area contributed by atoms with E-state index in [2.05, 4.69) is 0 Å². The van der Waals surface area contributed by atoms with E-state index in [9.17, 15) is 4.79 Å². The van der Waals surface area contributed by atoms with Gasteiger partial charge in [0.2, 0.25) is 0 Å². The summed E-state index contributed by atoms with van der Waals surface area (Å²) in [6, 6.07) is 5.38. The predicted molar refractivity (Wildman–Crippen MR) is 58.8 cm³/mol. The third-order valence-corrected chi connectivity index (χ3v) is 2.62. The van der Waals surface area contributed by atoms with Crippen molar-refractivity contribution in [1.82, 2.24) is 0 Å². The maximum absolute atomic E-state index is 11.5. The number of rotatable bonds is 3. The number of nitrogens with two attached hydrogens (primary N) is 1. The lowest BCUT2D eigenvalue weighted by molar-refractivity contribution is 0.0526. The molecule has 1 aromatic carbocycles. The van der Waals surface area contributed by atoms with E-state index in [-0.39, 0.29) is 5.97 Å². The third-order valence-electron chi connectivity index (χ3n) is 2.62. The number of carbonyl (C=O) groups excluding carboxylic acids is 1. The summed E-state index contributed by atoms with van der Waals surface area (Å²) in [5.41, 5.74) is 8.34. The van der Waals surface area contributed by atoms with Crippen molar-refractivity contribution in [3.8, 4) is 0 Å². The molecule has 0 amide bonds. The highest BCUT2D eigenvalue weighted by Gasteiger charge is 2.26. The van der Waals surface area contributed by atoms with Gasteiger partial charge in [0.25, 0.3) is 0 Å². The number of esters is 1. The van der Waals surface area contributed by atoms with Gasteiger partial charge < -0.3 is 10.5 Å². The van der Waals surface area contributed by atoms with Crippen LogP contribution in [0.15, 0.2) is 18.2 Å². The second kappa shape index (κ2) is 3.93. The molecule has 3 heteroatoms. The molecule has 80 valence electrons. The Morgan fingerprint density at radius 1 is 1.53 bits per heavy atom. The molecule has 1 fully saturated rings. The molecule has 1 aliphatic rings. The van der Waals surface area contributed by atoms with Crippen LogP contribution >= 0.6 is 0 Å². The Morgan fingerprint density at radius 2 is 2.27 bits per heavy atom. The SMILES string of the molecule is CCOC(=O)c1ccc(N)c(C2CC2)c1. The van der Waals surface area contributed by atoms with Crippen LogP contribution in [0.1, 0.15) is 41.6 Å². The average molecular weight is 205 g/mol. The second-order valence-corrected chi connectivity index (χ2v) is 3.84. The second-order valence-electron chi connectivity index (χ2n) is 3.84. The minimum atomic E-state index is -0.264. The van der Waals surface area contributed by atoms with E-state index in [1.807, 2.05) is 6.07 Å². The first-order valence-corrected chi connectivity index (χ1v) is 5.29. The van der Waals surface area contributed by atoms with Crippen LogP contribution in [0.2, 0.25) is 0 Å². The molecule has 1 aromatic rings. The van der Waals surface area contributed by atoms with Crippen LogP contribution < -0.4 is 5.73 Å². The van der Waals surface area contributed by atoms with E-state index in [0.29, 0.717) is 18.1 Å². The van der Waals surface area contributed by atoms with Crippen molar-refractivity contribution >= 4 is 11.7 Å². The van der Waals surface area contributed by atoms with Gasteiger partial charge in [0.05, 0.1) is 12.2 Å². The Morgan fingerprint density at radius 3 is 2.87 bits per heavy atom. The minimum Gasteiger partial charge on any atom is -0.462 e. The van der Waals surface area contributed by atoms with Crippen LogP contribution in [0.25, 0.3) is 0 Å². The van der Waals surface area contributed by atoms with Crippen molar-refractivity contribution in [2.24, 2.45) is 0 Å². The molecule has 0 spiro atoms. The molecule has 0 aromatic heterocycles. The Labute approximate surface area is 89.2 Å². The molecule has 1 saturated carbocycles. The monoisotopic (exact) mass is 205 g/mol. The van der Waals surface area contributed by atoms with E-state index in [1.54, 1.807) is 19.1 Å². The maximum atomic E-state index is 11.5. The highest BCUT2D eigenvalue weighted by molar-refractivity contribution is 5.90. The van der Waals surface area contributed by atoms with Gasteiger partial charge in [-0.2, -0.15) is 0 Å². The minimum absolute atomic E-state index is 0.264. The summed E-state index contributed by atoms with van der Waals surface area (Å²) >= 11 is 0. The van der Waals surface area contributed by atoms with Gasteiger partial charge in [0.15, 0.2) is 0 Å². The van der Waals surface area contributed by atoms with E-state index in [4.69, 9.17) is 10.5 Å². The Hall–Kier alpha value is -1.51. The summed E-state index contributed by atoms with van der Waals surface area (Å²) in [4.78, 5) is 11.5.